The lowest BCUT2D eigenvalue weighted by atomic mass is 9.93. The lowest BCUT2D eigenvalue weighted by Crippen LogP contribution is -2.17. The van der Waals surface area contributed by atoms with Crippen LogP contribution >= 0.6 is 0 Å². The van der Waals surface area contributed by atoms with Crippen LogP contribution in [0.5, 0.6) is 0 Å². The van der Waals surface area contributed by atoms with Gasteiger partial charge in [-0.3, -0.25) is 4.68 Å². The molecule has 0 aromatic carbocycles. The van der Waals surface area contributed by atoms with Crippen LogP contribution in [-0.2, 0) is 6.42 Å². The molecule has 0 amide bonds. The zero-order valence-corrected chi connectivity index (χ0v) is 11.0. The molecule has 3 N–H and O–H groups in total. The maximum atomic E-state index is 5.81. The predicted octanol–water partition coefficient (Wildman–Crippen LogP) is 1.45. The van der Waals surface area contributed by atoms with E-state index in [9.17, 15) is 0 Å². The summed E-state index contributed by atoms with van der Waals surface area (Å²) in [6.07, 6.45) is 8.55. The number of aromatic amines is 1. The Morgan fingerprint density at radius 1 is 1.35 bits per heavy atom. The first-order chi connectivity index (χ1) is 9.79. The lowest BCUT2D eigenvalue weighted by Gasteiger charge is -2.25. The van der Waals surface area contributed by atoms with Crippen molar-refractivity contribution in [1.82, 2.24) is 30.2 Å². The van der Waals surface area contributed by atoms with Gasteiger partial charge in [-0.25, -0.2) is 4.98 Å². The Labute approximate surface area is 115 Å². The predicted molar refractivity (Wildman–Crippen MR) is 74.0 cm³/mol. The second kappa shape index (κ2) is 4.29. The highest BCUT2D eigenvalue weighted by atomic mass is 15.3. The molecule has 1 aliphatic rings. The zero-order valence-electron chi connectivity index (χ0n) is 11.0. The fraction of sp³-hybridized carbons (Fsp3) is 0.385. The molecule has 1 aliphatic carbocycles. The SMILES string of the molecule is Nc1cc(Cc2cnn(C3CCC3)c2)c2n[nH]nc2n1. The van der Waals surface area contributed by atoms with Gasteiger partial charge in [0, 0.05) is 12.6 Å². The highest BCUT2D eigenvalue weighted by Crippen LogP contribution is 2.31. The first-order valence-corrected chi connectivity index (χ1v) is 6.78. The van der Waals surface area contributed by atoms with Crippen molar-refractivity contribution in [3.8, 4) is 0 Å². The molecule has 102 valence electrons. The van der Waals surface area contributed by atoms with Crippen LogP contribution in [0.2, 0.25) is 0 Å². The molecule has 0 bridgehead atoms. The summed E-state index contributed by atoms with van der Waals surface area (Å²) >= 11 is 0. The molecule has 4 rings (SSSR count). The van der Waals surface area contributed by atoms with Gasteiger partial charge in [0.1, 0.15) is 11.3 Å². The van der Waals surface area contributed by atoms with E-state index in [-0.39, 0.29) is 0 Å². The number of nitrogens with zero attached hydrogens (tertiary/aromatic N) is 5. The third-order valence-corrected chi connectivity index (χ3v) is 3.89. The normalized spacial score (nSPS) is 15.6. The lowest BCUT2D eigenvalue weighted by molar-refractivity contribution is 0.289. The number of fused-ring (bicyclic) bond motifs is 1. The molecule has 1 fully saturated rings. The van der Waals surface area contributed by atoms with E-state index in [2.05, 4.69) is 36.4 Å². The van der Waals surface area contributed by atoms with Crippen LogP contribution < -0.4 is 5.73 Å². The number of pyridine rings is 1. The number of aromatic nitrogens is 6. The third-order valence-electron chi connectivity index (χ3n) is 3.89. The molecule has 3 heterocycles. The van der Waals surface area contributed by atoms with Crippen LogP contribution in [0.4, 0.5) is 5.82 Å². The van der Waals surface area contributed by atoms with Gasteiger partial charge in [0.05, 0.1) is 12.2 Å². The Kier molecular flexibility index (Phi) is 2.45. The highest BCUT2D eigenvalue weighted by Gasteiger charge is 2.20. The molecule has 0 radical (unpaired) electrons. The summed E-state index contributed by atoms with van der Waals surface area (Å²) in [5.41, 5.74) is 9.32. The number of nitrogens with two attached hydrogens (primary N) is 1. The standard InChI is InChI=1S/C13H15N7/c14-11-5-9(12-13(16-11)18-19-17-12)4-8-6-15-20(7-8)10-2-1-3-10/h5-7,10H,1-4H2,(H3,14,16,17,18,19). The minimum Gasteiger partial charge on any atom is -0.384 e. The molecule has 3 aromatic heterocycles. The Balaban J connectivity index is 1.66. The van der Waals surface area contributed by atoms with E-state index >= 15 is 0 Å². The Bertz CT molecular complexity index is 753. The number of hydrogen-bond donors (Lipinski definition) is 2. The fourth-order valence-corrected chi connectivity index (χ4v) is 2.59. The van der Waals surface area contributed by atoms with Crippen molar-refractivity contribution < 1.29 is 0 Å². The fourth-order valence-electron chi connectivity index (χ4n) is 2.59. The van der Waals surface area contributed by atoms with E-state index in [1.54, 1.807) is 0 Å². The summed E-state index contributed by atoms with van der Waals surface area (Å²) in [7, 11) is 0. The van der Waals surface area contributed by atoms with E-state index in [1.165, 1.54) is 19.3 Å². The molecular weight excluding hydrogens is 254 g/mol. The van der Waals surface area contributed by atoms with Crippen molar-refractivity contribution in [1.29, 1.82) is 0 Å². The summed E-state index contributed by atoms with van der Waals surface area (Å²) in [4.78, 5) is 4.15. The van der Waals surface area contributed by atoms with Gasteiger partial charge in [0.2, 0.25) is 5.65 Å². The first-order valence-electron chi connectivity index (χ1n) is 6.78. The largest absolute Gasteiger partial charge is 0.384 e. The number of H-pyrrole nitrogens is 1. The van der Waals surface area contributed by atoms with E-state index < -0.39 is 0 Å². The van der Waals surface area contributed by atoms with E-state index in [1.807, 2.05) is 12.3 Å². The van der Waals surface area contributed by atoms with Crippen molar-refractivity contribution in [3.63, 3.8) is 0 Å². The molecule has 1 saturated carbocycles. The van der Waals surface area contributed by atoms with Crippen LogP contribution in [-0.4, -0.2) is 30.2 Å². The molecule has 0 spiro atoms. The monoisotopic (exact) mass is 269 g/mol. The first kappa shape index (κ1) is 11.4. The van der Waals surface area contributed by atoms with Gasteiger partial charge in [-0.15, -0.1) is 5.10 Å². The zero-order chi connectivity index (χ0) is 13.5. The van der Waals surface area contributed by atoms with Crippen LogP contribution in [0.25, 0.3) is 11.2 Å². The maximum absolute atomic E-state index is 5.81. The third kappa shape index (κ3) is 1.82. The molecular formula is C13H15N7. The van der Waals surface area contributed by atoms with Gasteiger partial charge in [0.25, 0.3) is 0 Å². The number of nitrogen functional groups attached to an aromatic ring is 1. The Morgan fingerprint density at radius 2 is 2.25 bits per heavy atom. The van der Waals surface area contributed by atoms with Crippen molar-refractivity contribution in [3.05, 3.63) is 29.6 Å². The van der Waals surface area contributed by atoms with Gasteiger partial charge in [-0.05, 0) is 36.5 Å². The summed E-state index contributed by atoms with van der Waals surface area (Å²) in [5, 5.41) is 15.2. The smallest absolute Gasteiger partial charge is 0.203 e. The average Bonchev–Trinajstić information content (AvgIpc) is 2.96. The Hall–Kier alpha value is -2.44. The molecule has 3 aromatic rings. The van der Waals surface area contributed by atoms with Gasteiger partial charge >= 0.3 is 0 Å². The van der Waals surface area contributed by atoms with Gasteiger partial charge < -0.3 is 5.73 Å². The summed E-state index contributed by atoms with van der Waals surface area (Å²) in [6, 6.07) is 2.43. The van der Waals surface area contributed by atoms with Crippen LogP contribution in [0, 0.1) is 0 Å². The number of anilines is 1. The minimum atomic E-state index is 0.466. The highest BCUT2D eigenvalue weighted by molar-refractivity contribution is 5.76. The van der Waals surface area contributed by atoms with Crippen molar-refractivity contribution >= 4 is 17.0 Å². The molecule has 7 heteroatoms. The Morgan fingerprint density at radius 3 is 3.05 bits per heavy atom. The van der Waals surface area contributed by atoms with Crippen LogP contribution in [0.1, 0.15) is 36.4 Å². The van der Waals surface area contributed by atoms with E-state index in [4.69, 9.17) is 5.73 Å². The summed E-state index contributed by atoms with van der Waals surface area (Å²) < 4.78 is 2.07. The topological polar surface area (TPSA) is 98.3 Å². The molecule has 0 saturated heterocycles. The quantitative estimate of drug-likeness (QED) is 0.749. The van der Waals surface area contributed by atoms with Gasteiger partial charge in [0.15, 0.2) is 0 Å². The summed E-state index contributed by atoms with van der Waals surface area (Å²) in [5.74, 6) is 0.466. The maximum Gasteiger partial charge on any atom is 0.203 e. The van der Waals surface area contributed by atoms with Crippen LogP contribution in [0.15, 0.2) is 18.5 Å². The van der Waals surface area contributed by atoms with Crippen molar-refractivity contribution in [2.24, 2.45) is 0 Å². The molecule has 0 unspecified atom stereocenters. The second-order valence-electron chi connectivity index (χ2n) is 5.29. The van der Waals surface area contributed by atoms with E-state index in [0.717, 1.165) is 23.1 Å². The molecule has 0 atom stereocenters. The van der Waals surface area contributed by atoms with Gasteiger partial charge in [-0.2, -0.15) is 15.4 Å². The molecule has 20 heavy (non-hydrogen) atoms. The van der Waals surface area contributed by atoms with Gasteiger partial charge in [-0.1, -0.05) is 0 Å². The minimum absolute atomic E-state index is 0.466. The van der Waals surface area contributed by atoms with Crippen LogP contribution in [0.3, 0.4) is 0 Å². The number of nitrogens with one attached hydrogen (secondary N) is 1. The van der Waals surface area contributed by atoms with E-state index in [0.29, 0.717) is 17.5 Å². The molecule has 0 aliphatic heterocycles. The van der Waals surface area contributed by atoms with Crippen molar-refractivity contribution in [2.75, 3.05) is 5.73 Å². The van der Waals surface area contributed by atoms with Crippen molar-refractivity contribution in [2.45, 2.75) is 31.7 Å². The second-order valence-corrected chi connectivity index (χ2v) is 5.29. The average molecular weight is 269 g/mol. The summed E-state index contributed by atoms with van der Waals surface area (Å²) in [6.45, 7) is 0. The number of rotatable bonds is 3. The number of hydrogen-bond acceptors (Lipinski definition) is 5. The molecule has 7 nitrogen and oxygen atoms in total.